The van der Waals surface area contributed by atoms with Gasteiger partial charge in [0.15, 0.2) is 5.69 Å². The molecule has 2 aromatic rings. The molecule has 1 heterocycles. The van der Waals surface area contributed by atoms with Crippen molar-refractivity contribution in [1.82, 2.24) is 9.97 Å². The first-order valence-corrected chi connectivity index (χ1v) is 7.47. The molecule has 0 saturated heterocycles. The average Bonchev–Trinajstić information content (AvgIpc) is 2.51. The molecule has 0 atom stereocenters. The van der Waals surface area contributed by atoms with E-state index >= 15 is 0 Å². The van der Waals surface area contributed by atoms with Gasteiger partial charge in [0.2, 0.25) is 5.95 Å². The Labute approximate surface area is 139 Å². The van der Waals surface area contributed by atoms with Crippen LogP contribution in [0, 0.1) is 0 Å². The van der Waals surface area contributed by atoms with Crippen molar-refractivity contribution in [2.24, 2.45) is 0 Å². The van der Waals surface area contributed by atoms with Gasteiger partial charge >= 0.3 is 6.18 Å². The topological polar surface area (TPSA) is 70.1 Å². The van der Waals surface area contributed by atoms with Crippen molar-refractivity contribution in [3.05, 3.63) is 46.1 Å². The lowest BCUT2D eigenvalue weighted by Crippen LogP contribution is -2.15. The highest BCUT2D eigenvalue weighted by atomic mass is 79.9. The van der Waals surface area contributed by atoms with E-state index in [4.69, 9.17) is 5.11 Å². The highest BCUT2D eigenvalue weighted by molar-refractivity contribution is 9.10. The summed E-state index contributed by atoms with van der Waals surface area (Å²) < 4.78 is 39.5. The van der Waals surface area contributed by atoms with Crippen LogP contribution in [0.1, 0.15) is 11.3 Å². The summed E-state index contributed by atoms with van der Waals surface area (Å²) in [6.07, 6.45) is -4.58. The van der Waals surface area contributed by atoms with Crippen LogP contribution in [0.5, 0.6) is 0 Å². The summed E-state index contributed by atoms with van der Waals surface area (Å²) in [5.41, 5.74) is -0.174. The molecule has 1 aromatic carbocycles. The molecule has 0 spiro atoms. The van der Waals surface area contributed by atoms with E-state index in [2.05, 4.69) is 36.5 Å². The summed E-state index contributed by atoms with van der Waals surface area (Å²) in [7, 11) is 0. The molecular weight excluding hydrogens is 377 g/mol. The molecule has 3 N–H and O–H groups in total. The fraction of sp³-hybridized carbons (Fsp3) is 0.286. The Morgan fingerprint density at radius 3 is 2.52 bits per heavy atom. The Kier molecular flexibility index (Phi) is 5.78. The Morgan fingerprint density at radius 2 is 1.87 bits per heavy atom. The maximum Gasteiger partial charge on any atom is 0.433 e. The van der Waals surface area contributed by atoms with Gasteiger partial charge in [0.25, 0.3) is 0 Å². The largest absolute Gasteiger partial charge is 0.433 e. The van der Waals surface area contributed by atoms with Gasteiger partial charge in [-0.05, 0) is 11.6 Å². The predicted octanol–water partition coefficient (Wildman–Crippen LogP) is 3.27. The van der Waals surface area contributed by atoms with Crippen molar-refractivity contribution in [1.29, 1.82) is 0 Å². The number of aromatic nitrogens is 2. The van der Waals surface area contributed by atoms with E-state index in [9.17, 15) is 13.2 Å². The van der Waals surface area contributed by atoms with Crippen LogP contribution in [-0.2, 0) is 12.7 Å². The van der Waals surface area contributed by atoms with Gasteiger partial charge < -0.3 is 15.7 Å². The number of alkyl halides is 3. The number of aliphatic hydroxyl groups excluding tert-OH is 1. The smallest absolute Gasteiger partial charge is 0.395 e. The summed E-state index contributed by atoms with van der Waals surface area (Å²) in [6, 6.07) is 8.20. The molecule has 0 aliphatic carbocycles. The second-order valence-corrected chi connectivity index (χ2v) is 5.41. The molecule has 0 aliphatic rings. The van der Waals surface area contributed by atoms with Crippen LogP contribution in [0.2, 0.25) is 0 Å². The van der Waals surface area contributed by atoms with Crippen molar-refractivity contribution >= 4 is 27.7 Å². The standard InChI is InChI=1S/C14H14BrF3N4O/c15-10-4-2-1-3-9(10)8-20-12-7-11(14(16,17)18)21-13(22-12)19-5-6-23/h1-4,7,23H,5-6,8H2,(H2,19,20,21,22). The Morgan fingerprint density at radius 1 is 1.13 bits per heavy atom. The third kappa shape index (κ3) is 5.07. The quantitative estimate of drug-likeness (QED) is 0.705. The average molecular weight is 391 g/mol. The van der Waals surface area contributed by atoms with E-state index < -0.39 is 11.9 Å². The van der Waals surface area contributed by atoms with Gasteiger partial charge in [-0.2, -0.15) is 18.2 Å². The number of rotatable bonds is 6. The molecule has 0 amide bonds. The number of nitrogens with one attached hydrogen (secondary N) is 2. The normalized spacial score (nSPS) is 11.3. The molecule has 0 unspecified atom stereocenters. The molecule has 0 saturated carbocycles. The van der Waals surface area contributed by atoms with Crippen LogP contribution in [0.15, 0.2) is 34.8 Å². The van der Waals surface area contributed by atoms with Crippen LogP contribution in [0.4, 0.5) is 24.9 Å². The van der Waals surface area contributed by atoms with Crippen LogP contribution in [0.3, 0.4) is 0 Å². The minimum Gasteiger partial charge on any atom is -0.395 e. The zero-order valence-electron chi connectivity index (χ0n) is 11.9. The fourth-order valence-electron chi connectivity index (χ4n) is 1.76. The van der Waals surface area contributed by atoms with E-state index in [-0.39, 0.29) is 24.9 Å². The second-order valence-electron chi connectivity index (χ2n) is 4.56. The molecule has 2 rings (SSSR count). The minimum absolute atomic E-state index is 0.0449. The maximum atomic E-state index is 12.9. The first kappa shape index (κ1) is 17.5. The monoisotopic (exact) mass is 390 g/mol. The number of benzene rings is 1. The van der Waals surface area contributed by atoms with Crippen LogP contribution >= 0.6 is 15.9 Å². The second kappa shape index (κ2) is 7.60. The lowest BCUT2D eigenvalue weighted by Gasteiger charge is -2.13. The number of hydrogen-bond donors (Lipinski definition) is 3. The number of anilines is 2. The summed E-state index contributed by atoms with van der Waals surface area (Å²) in [6.45, 7) is 0.124. The SMILES string of the molecule is OCCNc1nc(NCc2ccccc2Br)cc(C(F)(F)F)n1. The predicted molar refractivity (Wildman–Crippen MR) is 84.1 cm³/mol. The zero-order valence-corrected chi connectivity index (χ0v) is 13.4. The third-order valence-electron chi connectivity index (χ3n) is 2.83. The lowest BCUT2D eigenvalue weighted by atomic mass is 10.2. The molecular formula is C14H14BrF3N4O. The van der Waals surface area contributed by atoms with E-state index in [1.54, 1.807) is 0 Å². The van der Waals surface area contributed by atoms with Crippen molar-refractivity contribution in [2.75, 3.05) is 23.8 Å². The summed E-state index contributed by atoms with van der Waals surface area (Å²) >= 11 is 3.37. The van der Waals surface area contributed by atoms with Crippen molar-refractivity contribution < 1.29 is 18.3 Å². The number of aliphatic hydroxyl groups is 1. The first-order valence-electron chi connectivity index (χ1n) is 6.68. The molecule has 0 fully saturated rings. The molecule has 0 radical (unpaired) electrons. The summed E-state index contributed by atoms with van der Waals surface area (Å²) in [5, 5.41) is 14.1. The Balaban J connectivity index is 2.21. The van der Waals surface area contributed by atoms with Gasteiger partial charge in [-0.3, -0.25) is 0 Å². The van der Waals surface area contributed by atoms with Gasteiger partial charge in [0.05, 0.1) is 6.61 Å². The maximum absolute atomic E-state index is 12.9. The van der Waals surface area contributed by atoms with Gasteiger partial charge in [-0.15, -0.1) is 0 Å². The van der Waals surface area contributed by atoms with Gasteiger partial charge in [0, 0.05) is 23.6 Å². The molecule has 5 nitrogen and oxygen atoms in total. The van der Waals surface area contributed by atoms with Crippen LogP contribution in [-0.4, -0.2) is 28.2 Å². The van der Waals surface area contributed by atoms with E-state index in [0.29, 0.717) is 6.54 Å². The molecule has 124 valence electrons. The fourth-order valence-corrected chi connectivity index (χ4v) is 2.18. The van der Waals surface area contributed by atoms with E-state index in [0.717, 1.165) is 16.1 Å². The van der Waals surface area contributed by atoms with Crippen molar-refractivity contribution in [2.45, 2.75) is 12.7 Å². The van der Waals surface area contributed by atoms with E-state index in [1.807, 2.05) is 24.3 Å². The molecule has 23 heavy (non-hydrogen) atoms. The molecule has 1 aromatic heterocycles. The van der Waals surface area contributed by atoms with Gasteiger partial charge in [-0.1, -0.05) is 34.1 Å². The first-order chi connectivity index (χ1) is 10.9. The molecule has 0 bridgehead atoms. The molecule has 9 heteroatoms. The summed E-state index contributed by atoms with van der Waals surface area (Å²) in [5.74, 6) is -0.146. The van der Waals surface area contributed by atoms with Gasteiger partial charge in [-0.25, -0.2) is 4.98 Å². The Bertz CT molecular complexity index is 667. The molecule has 0 aliphatic heterocycles. The van der Waals surface area contributed by atoms with Gasteiger partial charge in [0.1, 0.15) is 5.82 Å². The highest BCUT2D eigenvalue weighted by Crippen LogP contribution is 2.30. The van der Waals surface area contributed by atoms with E-state index in [1.165, 1.54) is 0 Å². The number of nitrogens with zero attached hydrogens (tertiary/aromatic N) is 2. The van der Waals surface area contributed by atoms with Crippen molar-refractivity contribution in [3.8, 4) is 0 Å². The van der Waals surface area contributed by atoms with Crippen LogP contribution < -0.4 is 10.6 Å². The number of halogens is 4. The lowest BCUT2D eigenvalue weighted by molar-refractivity contribution is -0.141. The summed E-state index contributed by atoms with van der Waals surface area (Å²) in [4.78, 5) is 7.38. The number of hydrogen-bond acceptors (Lipinski definition) is 5. The van der Waals surface area contributed by atoms with Crippen LogP contribution in [0.25, 0.3) is 0 Å². The minimum atomic E-state index is -4.58. The third-order valence-corrected chi connectivity index (χ3v) is 3.60. The Hall–Kier alpha value is -1.87. The van der Waals surface area contributed by atoms with Crippen molar-refractivity contribution in [3.63, 3.8) is 0 Å². The zero-order chi connectivity index (χ0) is 16.9. The highest BCUT2D eigenvalue weighted by Gasteiger charge is 2.33.